The first-order chi connectivity index (χ1) is 13.4. The van der Waals surface area contributed by atoms with Crippen LogP contribution in [0.5, 0.6) is 0 Å². The van der Waals surface area contributed by atoms with E-state index in [1.54, 1.807) is 0 Å². The van der Waals surface area contributed by atoms with Crippen LogP contribution in [0.15, 0.2) is 0 Å². The first-order valence-electron chi connectivity index (χ1n) is 12.0. The van der Waals surface area contributed by atoms with Gasteiger partial charge in [-0.1, -0.05) is 104 Å². The van der Waals surface area contributed by atoms with Crippen LogP contribution in [-0.4, -0.2) is 29.4 Å². The molecule has 29 heavy (non-hydrogen) atoms. The molecule has 0 saturated heterocycles. The van der Waals surface area contributed by atoms with E-state index >= 15 is 0 Å². The van der Waals surface area contributed by atoms with Crippen molar-refractivity contribution in [3.8, 4) is 0 Å². The number of unbranched alkanes of at least 4 members (excludes halogenated alkanes) is 12. The summed E-state index contributed by atoms with van der Waals surface area (Å²) in [6, 6.07) is 0. The number of hydrogen-bond donors (Lipinski definition) is 1. The third kappa shape index (κ3) is 22.5. The summed E-state index contributed by atoms with van der Waals surface area (Å²) in [5.41, 5.74) is 0. The molecule has 0 amide bonds. The third-order valence-corrected chi connectivity index (χ3v) is 7.03. The molecule has 0 rings (SSSR count). The van der Waals surface area contributed by atoms with E-state index in [2.05, 4.69) is 6.92 Å². The molecule has 0 aliphatic rings. The monoisotopic (exact) mass is 458 g/mol. The zero-order chi connectivity index (χ0) is 21.1. The summed E-state index contributed by atoms with van der Waals surface area (Å²) < 4.78 is 33.9. The summed E-state index contributed by atoms with van der Waals surface area (Å²) in [5, 5.41) is 9.30. The van der Waals surface area contributed by atoms with Crippen molar-refractivity contribution < 1.29 is 69.5 Å². The molecule has 0 radical (unpaired) electrons. The Morgan fingerprint density at radius 2 is 1.00 bits per heavy atom. The van der Waals surface area contributed by atoms with Crippen LogP contribution < -0.4 is 51.4 Å². The molecule has 0 spiro atoms. The molecule has 2 atom stereocenters. The van der Waals surface area contributed by atoms with E-state index in [0.717, 1.165) is 25.7 Å². The molecule has 4 nitrogen and oxygen atoms in total. The minimum Gasteiger partial charge on any atom is -0.748 e. The van der Waals surface area contributed by atoms with Gasteiger partial charge < -0.3 is 9.66 Å². The average Bonchev–Trinajstić information content (AvgIpc) is 2.64. The molecule has 2 unspecified atom stereocenters. The SMILES string of the molecule is CCCCCCCCCCCCCCC(O)CCCC(CCCC)S(=O)(=O)[O-].[K+]. The molecule has 0 bridgehead atoms. The minimum atomic E-state index is -4.21. The van der Waals surface area contributed by atoms with Gasteiger partial charge in [-0.15, -0.1) is 0 Å². The molecule has 0 heterocycles. The van der Waals surface area contributed by atoms with Gasteiger partial charge in [-0.2, -0.15) is 0 Å². The van der Waals surface area contributed by atoms with E-state index in [0.29, 0.717) is 25.7 Å². The number of aliphatic hydroxyl groups is 1. The Balaban J connectivity index is 0. The second-order valence-corrected chi connectivity index (χ2v) is 10.2. The van der Waals surface area contributed by atoms with Crippen LogP contribution in [0, 0.1) is 0 Å². The van der Waals surface area contributed by atoms with Crippen molar-refractivity contribution in [1.82, 2.24) is 0 Å². The van der Waals surface area contributed by atoms with Crippen LogP contribution in [0.2, 0.25) is 0 Å². The second-order valence-electron chi connectivity index (χ2n) is 8.52. The Morgan fingerprint density at radius 1 is 0.621 bits per heavy atom. The van der Waals surface area contributed by atoms with Crippen molar-refractivity contribution in [2.24, 2.45) is 0 Å². The van der Waals surface area contributed by atoms with E-state index in [4.69, 9.17) is 0 Å². The number of rotatable bonds is 21. The fourth-order valence-electron chi connectivity index (χ4n) is 3.81. The van der Waals surface area contributed by atoms with Gasteiger partial charge in [0.1, 0.15) is 0 Å². The molecule has 0 aliphatic heterocycles. The maximum Gasteiger partial charge on any atom is 1.00 e. The number of hydrogen-bond acceptors (Lipinski definition) is 4. The van der Waals surface area contributed by atoms with Gasteiger partial charge in [0.25, 0.3) is 0 Å². The average molecular weight is 459 g/mol. The third-order valence-electron chi connectivity index (χ3n) is 5.74. The van der Waals surface area contributed by atoms with Crippen molar-refractivity contribution in [2.75, 3.05) is 0 Å². The molecular formula is C23H47KO4S. The molecule has 170 valence electrons. The summed E-state index contributed by atoms with van der Waals surface area (Å²) >= 11 is 0. The fraction of sp³-hybridized carbons (Fsp3) is 1.00. The van der Waals surface area contributed by atoms with Gasteiger partial charge in [-0.3, -0.25) is 0 Å². The Hall–Kier alpha value is 1.51. The quantitative estimate of drug-likeness (QED) is 0.162. The Bertz CT molecular complexity index is 429. The van der Waals surface area contributed by atoms with Gasteiger partial charge in [-0.05, 0) is 32.1 Å². The Labute approximate surface area is 224 Å². The van der Waals surface area contributed by atoms with Gasteiger partial charge >= 0.3 is 51.4 Å². The van der Waals surface area contributed by atoms with Gasteiger partial charge in [0, 0.05) is 5.25 Å². The topological polar surface area (TPSA) is 77.4 Å². The van der Waals surface area contributed by atoms with Crippen molar-refractivity contribution in [3.05, 3.63) is 0 Å². The molecular weight excluding hydrogens is 411 g/mol. The molecule has 0 saturated carbocycles. The van der Waals surface area contributed by atoms with Crippen molar-refractivity contribution in [1.29, 1.82) is 0 Å². The standard InChI is InChI=1S/C23H48O4S.K/c1-3-5-7-8-9-10-11-12-13-14-15-16-18-22(24)19-17-21-23(20-6-4-2)28(25,26)27;/h22-24H,3-21H2,1-2H3,(H,25,26,27);/q;+1/p-1. The van der Waals surface area contributed by atoms with Crippen LogP contribution in [0.1, 0.15) is 136 Å². The van der Waals surface area contributed by atoms with Crippen LogP contribution in [0.3, 0.4) is 0 Å². The van der Waals surface area contributed by atoms with Crippen LogP contribution >= 0.6 is 0 Å². The van der Waals surface area contributed by atoms with Crippen molar-refractivity contribution in [3.63, 3.8) is 0 Å². The molecule has 0 aromatic heterocycles. The fourth-order valence-corrected chi connectivity index (χ4v) is 4.72. The van der Waals surface area contributed by atoms with Crippen LogP contribution in [0.25, 0.3) is 0 Å². The molecule has 1 N–H and O–H groups in total. The molecule has 0 aliphatic carbocycles. The van der Waals surface area contributed by atoms with Crippen LogP contribution in [0.4, 0.5) is 0 Å². The molecule has 0 fully saturated rings. The van der Waals surface area contributed by atoms with Crippen LogP contribution in [-0.2, 0) is 10.1 Å². The summed E-state index contributed by atoms with van der Waals surface area (Å²) in [7, 11) is -4.21. The normalized spacial score (nSPS) is 13.8. The summed E-state index contributed by atoms with van der Waals surface area (Å²) in [5.74, 6) is 0. The summed E-state index contributed by atoms with van der Waals surface area (Å²) in [4.78, 5) is 0. The molecule has 6 heteroatoms. The Morgan fingerprint density at radius 3 is 1.45 bits per heavy atom. The van der Waals surface area contributed by atoms with Crippen molar-refractivity contribution >= 4 is 10.1 Å². The maximum atomic E-state index is 11.3. The van der Waals surface area contributed by atoms with E-state index in [-0.39, 0.29) is 57.5 Å². The second kappa shape index (κ2) is 22.7. The van der Waals surface area contributed by atoms with Gasteiger partial charge in [-0.25, -0.2) is 8.42 Å². The Kier molecular flexibility index (Phi) is 25.6. The zero-order valence-electron chi connectivity index (χ0n) is 19.7. The molecule has 0 aromatic rings. The zero-order valence-corrected chi connectivity index (χ0v) is 23.6. The van der Waals surface area contributed by atoms with E-state index < -0.39 is 15.4 Å². The first-order valence-corrected chi connectivity index (χ1v) is 13.5. The van der Waals surface area contributed by atoms with E-state index in [9.17, 15) is 18.1 Å². The van der Waals surface area contributed by atoms with E-state index in [1.807, 2.05) is 6.92 Å². The summed E-state index contributed by atoms with van der Waals surface area (Å²) in [6.45, 7) is 4.25. The predicted molar refractivity (Wildman–Crippen MR) is 119 cm³/mol. The van der Waals surface area contributed by atoms with E-state index in [1.165, 1.54) is 70.6 Å². The summed E-state index contributed by atoms with van der Waals surface area (Å²) in [6.07, 6.45) is 19.9. The largest absolute Gasteiger partial charge is 1.00 e. The molecule has 0 aromatic carbocycles. The smallest absolute Gasteiger partial charge is 0.748 e. The van der Waals surface area contributed by atoms with Gasteiger partial charge in [0.15, 0.2) is 0 Å². The first kappa shape index (κ1) is 32.7. The maximum absolute atomic E-state index is 11.3. The van der Waals surface area contributed by atoms with Gasteiger partial charge in [0.05, 0.1) is 16.2 Å². The van der Waals surface area contributed by atoms with Gasteiger partial charge in [0.2, 0.25) is 0 Å². The predicted octanol–water partition coefficient (Wildman–Crippen LogP) is 3.72. The van der Waals surface area contributed by atoms with Crippen molar-refractivity contribution in [2.45, 2.75) is 147 Å². The number of aliphatic hydroxyl groups excluding tert-OH is 1. The minimum absolute atomic E-state index is 0.